The average molecular weight is 390 g/mol. The fourth-order valence-electron chi connectivity index (χ4n) is 2.86. The van der Waals surface area contributed by atoms with Crippen molar-refractivity contribution in [1.29, 1.82) is 0 Å². The van der Waals surface area contributed by atoms with Crippen LogP contribution in [0.3, 0.4) is 0 Å². The summed E-state index contributed by atoms with van der Waals surface area (Å²) >= 11 is 6.07. The first-order valence-electron chi connectivity index (χ1n) is 9.76. The zero-order chi connectivity index (χ0) is 20.1. The number of carboxylic acids is 1. The summed E-state index contributed by atoms with van der Waals surface area (Å²) in [5, 5.41) is 9.85. The Bertz CT molecular complexity index is 695. The molecular weight excluding hydrogens is 358 g/mol. The number of hydrogen-bond acceptors (Lipinski definition) is 2. The minimum atomic E-state index is -0.898. The van der Waals surface area contributed by atoms with E-state index in [9.17, 15) is 4.79 Å². The molecule has 0 saturated heterocycles. The van der Waals surface area contributed by atoms with E-state index in [0.717, 1.165) is 23.2 Å². The first-order chi connectivity index (χ1) is 13.0. The fourth-order valence-corrected chi connectivity index (χ4v) is 3.05. The summed E-state index contributed by atoms with van der Waals surface area (Å²) < 4.78 is 0. The lowest BCUT2D eigenvalue weighted by atomic mass is 9.97. The molecule has 0 atom stereocenters. The van der Waals surface area contributed by atoms with Crippen molar-refractivity contribution in [2.45, 2.75) is 58.8 Å². The monoisotopic (exact) mass is 389 g/mol. The predicted molar refractivity (Wildman–Crippen MR) is 115 cm³/mol. The number of aromatic carboxylic acids is 1. The number of halogens is 1. The summed E-state index contributed by atoms with van der Waals surface area (Å²) in [5.74, 6) is -0.898. The van der Waals surface area contributed by atoms with Gasteiger partial charge in [-0.2, -0.15) is 0 Å². The van der Waals surface area contributed by atoms with Gasteiger partial charge in [0.05, 0.1) is 5.56 Å². The van der Waals surface area contributed by atoms with Gasteiger partial charge in [-0.1, -0.05) is 81.0 Å². The predicted octanol–water partition coefficient (Wildman–Crippen LogP) is 6.24. The zero-order valence-electron chi connectivity index (χ0n) is 16.5. The summed E-state index contributed by atoms with van der Waals surface area (Å²) in [6.45, 7) is 5.05. The van der Waals surface area contributed by atoms with Crippen LogP contribution in [0.15, 0.2) is 42.5 Å². The Morgan fingerprint density at radius 1 is 0.963 bits per heavy atom. The second-order valence-electron chi connectivity index (χ2n) is 6.72. The maximum atomic E-state index is 11.1. The second kappa shape index (κ2) is 13.3. The molecule has 3 nitrogen and oxygen atoms in total. The van der Waals surface area contributed by atoms with Crippen molar-refractivity contribution < 1.29 is 9.90 Å². The molecule has 0 aliphatic heterocycles. The van der Waals surface area contributed by atoms with Crippen LogP contribution in [0.1, 0.15) is 72.5 Å². The van der Waals surface area contributed by atoms with Crippen LogP contribution >= 0.6 is 11.6 Å². The van der Waals surface area contributed by atoms with Gasteiger partial charge in [-0.05, 0) is 55.1 Å². The van der Waals surface area contributed by atoms with Crippen molar-refractivity contribution in [3.05, 3.63) is 69.7 Å². The van der Waals surface area contributed by atoms with Gasteiger partial charge in [0.2, 0.25) is 0 Å². The Labute approximate surface area is 168 Å². The third kappa shape index (κ3) is 8.59. The van der Waals surface area contributed by atoms with Crippen LogP contribution in [-0.2, 0) is 6.42 Å². The van der Waals surface area contributed by atoms with Gasteiger partial charge in [-0.25, -0.2) is 4.79 Å². The molecule has 0 aliphatic rings. The number of carbonyl (C=O) groups is 1. The van der Waals surface area contributed by atoms with Gasteiger partial charge in [0.15, 0.2) is 0 Å². The molecule has 2 aromatic rings. The normalized spacial score (nSPS) is 10.2. The lowest BCUT2D eigenvalue weighted by Crippen LogP contribution is -2.03. The molecule has 0 aromatic heterocycles. The van der Waals surface area contributed by atoms with Crippen molar-refractivity contribution in [3.8, 4) is 0 Å². The molecule has 0 unspecified atom stereocenters. The van der Waals surface area contributed by atoms with Gasteiger partial charge >= 0.3 is 5.97 Å². The Morgan fingerprint density at radius 3 is 2.26 bits per heavy atom. The topological polar surface area (TPSA) is 63.3 Å². The molecule has 2 aromatic carbocycles. The van der Waals surface area contributed by atoms with Crippen LogP contribution < -0.4 is 5.73 Å². The third-order valence-electron chi connectivity index (χ3n) is 4.57. The van der Waals surface area contributed by atoms with Crippen LogP contribution in [-0.4, -0.2) is 17.6 Å². The van der Waals surface area contributed by atoms with Crippen molar-refractivity contribution >= 4 is 17.6 Å². The molecule has 0 heterocycles. The smallest absolute Gasteiger partial charge is 0.335 e. The van der Waals surface area contributed by atoms with E-state index in [-0.39, 0.29) is 0 Å². The van der Waals surface area contributed by atoms with Gasteiger partial charge < -0.3 is 10.8 Å². The van der Waals surface area contributed by atoms with E-state index in [1.807, 2.05) is 37.3 Å². The molecule has 0 amide bonds. The van der Waals surface area contributed by atoms with E-state index in [4.69, 9.17) is 22.4 Å². The molecule has 0 radical (unpaired) electrons. The molecule has 3 N–H and O–H groups in total. The minimum Gasteiger partial charge on any atom is -0.478 e. The van der Waals surface area contributed by atoms with E-state index in [0.29, 0.717) is 17.0 Å². The Balaban J connectivity index is 0.000000345. The summed E-state index contributed by atoms with van der Waals surface area (Å²) in [6.07, 6.45) is 8.63. The molecule has 148 valence electrons. The maximum Gasteiger partial charge on any atom is 0.335 e. The van der Waals surface area contributed by atoms with E-state index in [2.05, 4.69) is 6.92 Å². The Hall–Kier alpha value is -1.84. The molecule has 0 aliphatic carbocycles. The second-order valence-corrected chi connectivity index (χ2v) is 7.13. The average Bonchev–Trinajstić information content (AvgIpc) is 2.66. The number of rotatable bonds is 9. The van der Waals surface area contributed by atoms with Gasteiger partial charge in [0.1, 0.15) is 0 Å². The molecule has 0 bridgehead atoms. The highest BCUT2D eigenvalue weighted by atomic mass is 35.5. The molecule has 0 fully saturated rings. The minimum absolute atomic E-state index is 0.344. The molecule has 4 heteroatoms. The first-order valence-corrected chi connectivity index (χ1v) is 10.1. The highest BCUT2D eigenvalue weighted by molar-refractivity contribution is 6.31. The summed E-state index contributed by atoms with van der Waals surface area (Å²) in [5.41, 5.74) is 8.54. The van der Waals surface area contributed by atoms with Crippen molar-refractivity contribution in [1.82, 2.24) is 0 Å². The SMILES string of the molecule is CCCCCCCCN.Cc1c(Cl)cccc1Cc1ccccc1C(=O)O. The maximum absolute atomic E-state index is 11.1. The Kier molecular flexibility index (Phi) is 11.5. The molecule has 0 saturated carbocycles. The van der Waals surface area contributed by atoms with Gasteiger partial charge in [-0.15, -0.1) is 0 Å². The quantitative estimate of drug-likeness (QED) is 0.498. The van der Waals surface area contributed by atoms with Crippen molar-refractivity contribution in [3.63, 3.8) is 0 Å². The van der Waals surface area contributed by atoms with Crippen molar-refractivity contribution in [2.75, 3.05) is 6.54 Å². The van der Waals surface area contributed by atoms with E-state index in [1.54, 1.807) is 12.1 Å². The van der Waals surface area contributed by atoms with Crippen LogP contribution in [0.2, 0.25) is 5.02 Å². The summed E-state index contributed by atoms with van der Waals surface area (Å²) in [7, 11) is 0. The van der Waals surface area contributed by atoms with E-state index < -0.39 is 5.97 Å². The highest BCUT2D eigenvalue weighted by Gasteiger charge is 2.11. The van der Waals surface area contributed by atoms with Crippen LogP contribution in [0, 0.1) is 6.92 Å². The van der Waals surface area contributed by atoms with Gasteiger partial charge in [-0.3, -0.25) is 0 Å². The fraction of sp³-hybridized carbons (Fsp3) is 0.435. The first kappa shape index (κ1) is 23.2. The van der Waals surface area contributed by atoms with E-state index in [1.165, 1.54) is 38.5 Å². The number of hydrogen-bond donors (Lipinski definition) is 2. The van der Waals surface area contributed by atoms with Gasteiger partial charge in [0.25, 0.3) is 0 Å². The summed E-state index contributed by atoms with van der Waals surface area (Å²) in [4.78, 5) is 11.1. The number of carboxylic acid groups (broad SMARTS) is 1. The lowest BCUT2D eigenvalue weighted by Gasteiger charge is -2.09. The number of unbranched alkanes of at least 4 members (excludes halogenated alkanes) is 5. The van der Waals surface area contributed by atoms with Crippen LogP contribution in [0.25, 0.3) is 0 Å². The zero-order valence-corrected chi connectivity index (χ0v) is 17.3. The van der Waals surface area contributed by atoms with Gasteiger partial charge in [0, 0.05) is 5.02 Å². The highest BCUT2D eigenvalue weighted by Crippen LogP contribution is 2.22. The summed E-state index contributed by atoms with van der Waals surface area (Å²) in [6, 6.07) is 12.7. The van der Waals surface area contributed by atoms with E-state index >= 15 is 0 Å². The third-order valence-corrected chi connectivity index (χ3v) is 4.98. The molecule has 2 rings (SSSR count). The number of benzene rings is 2. The standard InChI is InChI=1S/C15H13ClO2.C8H19N/c1-10-11(6-4-8-14(10)16)9-12-5-2-3-7-13(12)15(17)18;1-2-3-4-5-6-7-8-9/h2-8H,9H2,1H3,(H,17,18);2-9H2,1H3. The molecular formula is C23H32ClNO2. The number of nitrogens with two attached hydrogens (primary N) is 1. The Morgan fingerprint density at radius 2 is 1.59 bits per heavy atom. The van der Waals surface area contributed by atoms with Crippen molar-refractivity contribution in [2.24, 2.45) is 5.73 Å². The van der Waals surface area contributed by atoms with Crippen LogP contribution in [0.5, 0.6) is 0 Å². The molecule has 0 spiro atoms. The molecule has 27 heavy (non-hydrogen) atoms. The largest absolute Gasteiger partial charge is 0.478 e. The lowest BCUT2D eigenvalue weighted by molar-refractivity contribution is 0.0696. The van der Waals surface area contributed by atoms with Crippen LogP contribution in [0.4, 0.5) is 0 Å².